The van der Waals surface area contributed by atoms with Gasteiger partial charge in [-0.1, -0.05) is 39.8 Å². The molecule has 2 N–H and O–H groups in total. The summed E-state index contributed by atoms with van der Waals surface area (Å²) in [5.74, 6) is 2.20. The highest BCUT2D eigenvalue weighted by Crippen LogP contribution is 2.29. The van der Waals surface area contributed by atoms with E-state index in [9.17, 15) is 5.11 Å². The Morgan fingerprint density at radius 2 is 1.69 bits per heavy atom. The van der Waals surface area contributed by atoms with Crippen molar-refractivity contribution in [2.45, 2.75) is 41.5 Å². The van der Waals surface area contributed by atoms with Gasteiger partial charge in [-0.25, -0.2) is 0 Å². The standard InChI is InChI=1S/C17H28N4O.2C2H6/c1-13-7-6-8-15(14(13)2)21-11-10-20(5)17(19(3)4)16(21)18-9-12-22;2*1-2/h6-8,18,22H,9-12H2,1-5H3;2*1-2H3. The Bertz CT molecular complexity index is 555. The monoisotopic (exact) mass is 364 g/mol. The molecule has 0 aliphatic carbocycles. The van der Waals surface area contributed by atoms with Crippen molar-refractivity contribution in [3.05, 3.63) is 41.0 Å². The molecule has 0 amide bonds. The molecule has 1 aromatic carbocycles. The van der Waals surface area contributed by atoms with E-state index in [2.05, 4.69) is 73.2 Å². The minimum Gasteiger partial charge on any atom is -0.395 e. The molecule has 0 saturated heterocycles. The number of aliphatic hydroxyl groups is 1. The smallest absolute Gasteiger partial charge is 0.148 e. The van der Waals surface area contributed by atoms with Crippen LogP contribution in [0.15, 0.2) is 29.8 Å². The largest absolute Gasteiger partial charge is 0.395 e. The van der Waals surface area contributed by atoms with Gasteiger partial charge in [0.15, 0.2) is 0 Å². The number of rotatable bonds is 5. The molecule has 5 heteroatoms. The average molecular weight is 365 g/mol. The third-order valence-electron chi connectivity index (χ3n) is 4.20. The van der Waals surface area contributed by atoms with Crippen molar-refractivity contribution in [3.8, 4) is 0 Å². The normalized spacial score (nSPS) is 13.5. The lowest BCUT2D eigenvalue weighted by Crippen LogP contribution is -2.49. The second-order valence-corrected chi connectivity index (χ2v) is 6.01. The molecule has 0 aromatic heterocycles. The topological polar surface area (TPSA) is 42.0 Å². The molecule has 1 aliphatic rings. The number of likely N-dealkylation sites (N-methyl/N-ethyl adjacent to an activating group) is 1. The molecule has 0 atom stereocenters. The molecule has 0 unspecified atom stereocenters. The molecule has 26 heavy (non-hydrogen) atoms. The molecule has 0 bridgehead atoms. The molecule has 1 heterocycles. The van der Waals surface area contributed by atoms with E-state index in [0.29, 0.717) is 6.54 Å². The fourth-order valence-electron chi connectivity index (χ4n) is 2.94. The van der Waals surface area contributed by atoms with Gasteiger partial charge in [0.25, 0.3) is 0 Å². The molecular weight excluding hydrogens is 324 g/mol. The summed E-state index contributed by atoms with van der Waals surface area (Å²) >= 11 is 0. The van der Waals surface area contributed by atoms with Crippen LogP contribution in [-0.2, 0) is 0 Å². The van der Waals surface area contributed by atoms with Gasteiger partial charge in [-0.3, -0.25) is 0 Å². The number of aryl methyl sites for hydroxylation is 1. The zero-order valence-electron chi connectivity index (χ0n) is 18.3. The van der Waals surface area contributed by atoms with Crippen LogP contribution < -0.4 is 10.2 Å². The first kappa shape index (κ1) is 24.1. The van der Waals surface area contributed by atoms with Crippen molar-refractivity contribution in [1.29, 1.82) is 0 Å². The first-order valence-electron chi connectivity index (χ1n) is 9.78. The minimum atomic E-state index is 0.120. The SMILES string of the molecule is CC.CC.Cc1cccc(N2CCN(C)C(N(C)C)=C2NCCO)c1C. The minimum absolute atomic E-state index is 0.120. The van der Waals surface area contributed by atoms with E-state index < -0.39 is 0 Å². The maximum absolute atomic E-state index is 9.21. The lowest BCUT2D eigenvalue weighted by atomic mass is 10.1. The fourth-order valence-corrected chi connectivity index (χ4v) is 2.94. The zero-order valence-corrected chi connectivity index (χ0v) is 18.3. The van der Waals surface area contributed by atoms with Crippen LogP contribution in [0.5, 0.6) is 0 Å². The lowest BCUT2D eigenvalue weighted by Gasteiger charge is -2.42. The number of aliphatic hydroxyl groups excluding tert-OH is 1. The van der Waals surface area contributed by atoms with Gasteiger partial charge >= 0.3 is 0 Å². The van der Waals surface area contributed by atoms with Crippen LogP contribution in [0.2, 0.25) is 0 Å². The molecule has 0 fully saturated rings. The highest BCUT2D eigenvalue weighted by molar-refractivity contribution is 5.60. The van der Waals surface area contributed by atoms with Crippen LogP contribution in [0.1, 0.15) is 38.8 Å². The van der Waals surface area contributed by atoms with Gasteiger partial charge in [0, 0.05) is 46.5 Å². The summed E-state index contributed by atoms with van der Waals surface area (Å²) in [7, 11) is 6.22. The first-order chi connectivity index (χ1) is 12.5. The van der Waals surface area contributed by atoms with Crippen molar-refractivity contribution in [2.24, 2.45) is 0 Å². The average Bonchev–Trinajstić information content (AvgIpc) is 2.65. The van der Waals surface area contributed by atoms with Crippen molar-refractivity contribution < 1.29 is 5.11 Å². The molecule has 1 aromatic rings. The van der Waals surface area contributed by atoms with Gasteiger partial charge < -0.3 is 25.1 Å². The Morgan fingerprint density at radius 3 is 2.23 bits per heavy atom. The maximum atomic E-state index is 9.21. The fraction of sp³-hybridized carbons (Fsp3) is 0.619. The zero-order chi connectivity index (χ0) is 20.3. The van der Waals surface area contributed by atoms with Crippen LogP contribution >= 0.6 is 0 Å². The summed E-state index contributed by atoms with van der Waals surface area (Å²) in [6, 6.07) is 6.42. The summed E-state index contributed by atoms with van der Waals surface area (Å²) in [6.45, 7) is 14.9. The number of anilines is 1. The predicted molar refractivity (Wildman–Crippen MR) is 114 cm³/mol. The molecule has 5 nitrogen and oxygen atoms in total. The van der Waals surface area contributed by atoms with Crippen LogP contribution in [0.3, 0.4) is 0 Å². The third kappa shape index (κ3) is 5.84. The highest BCUT2D eigenvalue weighted by atomic mass is 16.3. The van der Waals surface area contributed by atoms with Gasteiger partial charge in [0.05, 0.1) is 6.61 Å². The second-order valence-electron chi connectivity index (χ2n) is 6.01. The van der Waals surface area contributed by atoms with E-state index in [-0.39, 0.29) is 6.61 Å². The number of nitrogens with one attached hydrogen (secondary N) is 1. The Kier molecular flexibility index (Phi) is 11.6. The van der Waals surface area contributed by atoms with E-state index in [1.165, 1.54) is 16.8 Å². The first-order valence-corrected chi connectivity index (χ1v) is 9.78. The van der Waals surface area contributed by atoms with Gasteiger partial charge in [-0.2, -0.15) is 0 Å². The Labute approximate surface area is 161 Å². The Balaban J connectivity index is 0.00000146. The predicted octanol–water partition coefficient (Wildman–Crippen LogP) is 3.38. The number of nitrogens with zero attached hydrogens (tertiary/aromatic N) is 3. The third-order valence-corrected chi connectivity index (χ3v) is 4.20. The number of hydrogen-bond donors (Lipinski definition) is 2. The molecule has 150 valence electrons. The Hall–Kier alpha value is -1.88. The van der Waals surface area contributed by atoms with Gasteiger partial charge in [-0.15, -0.1) is 0 Å². The molecular formula is C21H40N4O. The van der Waals surface area contributed by atoms with E-state index in [1.54, 1.807) is 0 Å². The summed E-state index contributed by atoms with van der Waals surface area (Å²) in [5, 5.41) is 12.6. The van der Waals surface area contributed by atoms with Crippen molar-refractivity contribution in [1.82, 2.24) is 15.1 Å². The van der Waals surface area contributed by atoms with E-state index >= 15 is 0 Å². The van der Waals surface area contributed by atoms with Crippen LogP contribution in [0.25, 0.3) is 0 Å². The second kappa shape index (κ2) is 12.5. The van der Waals surface area contributed by atoms with Crippen molar-refractivity contribution in [2.75, 3.05) is 52.3 Å². The van der Waals surface area contributed by atoms with Crippen LogP contribution in [-0.4, -0.2) is 62.3 Å². The number of hydrogen-bond acceptors (Lipinski definition) is 5. The molecule has 2 rings (SSSR count). The maximum Gasteiger partial charge on any atom is 0.148 e. The van der Waals surface area contributed by atoms with Crippen molar-refractivity contribution >= 4 is 5.69 Å². The van der Waals surface area contributed by atoms with E-state index in [1.807, 2.05) is 27.7 Å². The van der Waals surface area contributed by atoms with Gasteiger partial charge in [0.2, 0.25) is 0 Å². The number of benzene rings is 1. The molecule has 1 aliphatic heterocycles. The summed E-state index contributed by atoms with van der Waals surface area (Å²) < 4.78 is 0. The molecule has 0 spiro atoms. The lowest BCUT2D eigenvalue weighted by molar-refractivity contribution is 0.266. The van der Waals surface area contributed by atoms with Crippen LogP contribution in [0, 0.1) is 13.8 Å². The quantitative estimate of drug-likeness (QED) is 0.838. The van der Waals surface area contributed by atoms with Crippen LogP contribution in [0.4, 0.5) is 5.69 Å². The van der Waals surface area contributed by atoms with Gasteiger partial charge in [-0.05, 0) is 31.0 Å². The molecule has 0 radical (unpaired) electrons. The van der Waals surface area contributed by atoms with E-state index in [4.69, 9.17) is 0 Å². The summed E-state index contributed by atoms with van der Waals surface area (Å²) in [6.07, 6.45) is 0. The Morgan fingerprint density at radius 1 is 1.08 bits per heavy atom. The van der Waals surface area contributed by atoms with Gasteiger partial charge in [0.1, 0.15) is 11.6 Å². The van der Waals surface area contributed by atoms with E-state index in [0.717, 1.165) is 24.7 Å². The summed E-state index contributed by atoms with van der Waals surface area (Å²) in [5.41, 5.74) is 3.82. The molecule has 0 saturated carbocycles. The summed E-state index contributed by atoms with van der Waals surface area (Å²) in [4.78, 5) is 6.70. The van der Waals surface area contributed by atoms with Crippen molar-refractivity contribution in [3.63, 3.8) is 0 Å². The highest BCUT2D eigenvalue weighted by Gasteiger charge is 2.26.